The molecule has 0 saturated heterocycles. The predicted molar refractivity (Wildman–Crippen MR) is 68.6 cm³/mol. The van der Waals surface area contributed by atoms with Crippen LogP contribution in [0, 0.1) is 17.8 Å². The van der Waals surface area contributed by atoms with E-state index in [2.05, 4.69) is 12.2 Å². The van der Waals surface area contributed by atoms with Gasteiger partial charge in [-0.05, 0) is 18.8 Å². The molecule has 3 nitrogen and oxygen atoms in total. The van der Waals surface area contributed by atoms with Crippen LogP contribution in [-0.4, -0.2) is 17.2 Å². The summed E-state index contributed by atoms with van der Waals surface area (Å²) in [5.74, 6) is 0.478. The van der Waals surface area contributed by atoms with Gasteiger partial charge in [-0.25, -0.2) is 0 Å². The largest absolute Gasteiger partial charge is 0.343 e. The van der Waals surface area contributed by atoms with E-state index in [1.165, 1.54) is 0 Å². The summed E-state index contributed by atoms with van der Waals surface area (Å²) in [7, 11) is 0. The third kappa shape index (κ3) is 2.88. The predicted octanol–water partition coefficient (Wildman–Crippen LogP) is 2.54. The zero-order valence-corrected chi connectivity index (χ0v) is 11.7. The minimum absolute atomic E-state index is 0.00222. The fraction of sp³-hybridized carbons (Fsp3) is 0.857. The summed E-state index contributed by atoms with van der Waals surface area (Å²) in [6.45, 7) is 9.66. The Morgan fingerprint density at radius 2 is 1.82 bits per heavy atom. The summed E-state index contributed by atoms with van der Waals surface area (Å²) >= 11 is 0. The van der Waals surface area contributed by atoms with Gasteiger partial charge in [0.2, 0.25) is 5.91 Å². The van der Waals surface area contributed by atoms with Gasteiger partial charge in [0.1, 0.15) is 5.54 Å². The number of nitrogens with one attached hydrogen (secondary N) is 1. The van der Waals surface area contributed by atoms with Gasteiger partial charge in [-0.3, -0.25) is 9.59 Å². The molecule has 17 heavy (non-hydrogen) atoms. The van der Waals surface area contributed by atoms with Crippen molar-refractivity contribution in [3.05, 3.63) is 0 Å². The van der Waals surface area contributed by atoms with Crippen LogP contribution in [0.1, 0.15) is 53.9 Å². The fourth-order valence-electron chi connectivity index (χ4n) is 2.42. The van der Waals surface area contributed by atoms with Crippen molar-refractivity contribution in [3.8, 4) is 0 Å². The van der Waals surface area contributed by atoms with Gasteiger partial charge in [0.15, 0.2) is 5.78 Å². The van der Waals surface area contributed by atoms with Crippen LogP contribution in [0.5, 0.6) is 0 Å². The first kappa shape index (κ1) is 14.2. The van der Waals surface area contributed by atoms with Gasteiger partial charge >= 0.3 is 0 Å². The Kier molecular flexibility index (Phi) is 4.34. The standard InChI is InChI=1S/C14H25NO2/c1-6-7-11-8-14(11,12(16)9(2)3)15-13(17)10(4)5/h9-11H,6-8H2,1-5H3,(H,15,17). The molecular formula is C14H25NO2. The molecule has 0 aromatic rings. The molecule has 1 rings (SSSR count). The maximum Gasteiger partial charge on any atom is 0.223 e. The lowest BCUT2D eigenvalue weighted by Gasteiger charge is -2.21. The first-order chi connectivity index (χ1) is 7.85. The van der Waals surface area contributed by atoms with E-state index in [4.69, 9.17) is 0 Å². The maximum absolute atomic E-state index is 12.3. The minimum Gasteiger partial charge on any atom is -0.343 e. The van der Waals surface area contributed by atoms with Crippen LogP contribution in [0.25, 0.3) is 0 Å². The number of rotatable bonds is 6. The molecule has 1 N–H and O–H groups in total. The molecule has 0 spiro atoms. The smallest absolute Gasteiger partial charge is 0.223 e. The molecule has 2 unspecified atom stereocenters. The molecule has 0 aliphatic heterocycles. The quantitative estimate of drug-likeness (QED) is 0.774. The Morgan fingerprint density at radius 1 is 1.24 bits per heavy atom. The molecule has 0 radical (unpaired) electrons. The summed E-state index contributed by atoms with van der Waals surface area (Å²) < 4.78 is 0. The van der Waals surface area contributed by atoms with E-state index < -0.39 is 5.54 Å². The Bertz CT molecular complexity index is 309. The number of ketones is 1. The van der Waals surface area contributed by atoms with Crippen molar-refractivity contribution in [1.29, 1.82) is 0 Å². The van der Waals surface area contributed by atoms with E-state index >= 15 is 0 Å². The Balaban J connectivity index is 2.77. The summed E-state index contributed by atoms with van der Waals surface area (Å²) in [5.41, 5.74) is -0.536. The first-order valence-corrected chi connectivity index (χ1v) is 6.71. The number of hydrogen-bond donors (Lipinski definition) is 1. The van der Waals surface area contributed by atoms with Crippen molar-refractivity contribution < 1.29 is 9.59 Å². The lowest BCUT2D eigenvalue weighted by Crippen LogP contribution is -2.48. The normalized spacial score (nSPS) is 27.4. The highest BCUT2D eigenvalue weighted by atomic mass is 16.2. The first-order valence-electron chi connectivity index (χ1n) is 6.71. The number of carbonyl (C=O) groups is 2. The average molecular weight is 239 g/mol. The highest BCUT2D eigenvalue weighted by Gasteiger charge is 2.60. The second kappa shape index (κ2) is 5.19. The number of carbonyl (C=O) groups excluding carboxylic acids is 2. The molecule has 3 heteroatoms. The third-order valence-corrected chi connectivity index (χ3v) is 3.58. The summed E-state index contributed by atoms with van der Waals surface area (Å²) in [6, 6.07) is 0. The van der Waals surface area contributed by atoms with E-state index in [1.807, 2.05) is 27.7 Å². The van der Waals surface area contributed by atoms with Crippen LogP contribution in [0.2, 0.25) is 0 Å². The molecule has 1 fully saturated rings. The van der Waals surface area contributed by atoms with Gasteiger partial charge < -0.3 is 5.32 Å². The van der Waals surface area contributed by atoms with E-state index in [1.54, 1.807) is 0 Å². The van der Waals surface area contributed by atoms with Crippen molar-refractivity contribution in [2.45, 2.75) is 59.4 Å². The third-order valence-electron chi connectivity index (χ3n) is 3.58. The van der Waals surface area contributed by atoms with Gasteiger partial charge in [-0.2, -0.15) is 0 Å². The summed E-state index contributed by atoms with van der Waals surface area (Å²) in [4.78, 5) is 24.1. The van der Waals surface area contributed by atoms with Crippen LogP contribution < -0.4 is 5.32 Å². The van der Waals surface area contributed by atoms with E-state index in [0.717, 1.165) is 19.3 Å². The molecule has 0 aromatic heterocycles. The van der Waals surface area contributed by atoms with Crippen LogP contribution >= 0.6 is 0 Å². The number of amides is 1. The zero-order valence-electron chi connectivity index (χ0n) is 11.7. The summed E-state index contributed by atoms with van der Waals surface area (Å²) in [5, 5.41) is 2.99. The second-order valence-electron chi connectivity index (χ2n) is 5.82. The van der Waals surface area contributed by atoms with E-state index in [-0.39, 0.29) is 23.5 Å². The van der Waals surface area contributed by atoms with Crippen LogP contribution in [0.15, 0.2) is 0 Å². The minimum atomic E-state index is -0.536. The maximum atomic E-state index is 12.3. The van der Waals surface area contributed by atoms with Crippen LogP contribution in [-0.2, 0) is 9.59 Å². The molecule has 98 valence electrons. The highest BCUT2D eigenvalue weighted by molar-refractivity contribution is 5.97. The van der Waals surface area contributed by atoms with Gasteiger partial charge in [0.25, 0.3) is 0 Å². The molecule has 0 heterocycles. The Hall–Kier alpha value is -0.860. The Labute approximate surface area is 104 Å². The second-order valence-corrected chi connectivity index (χ2v) is 5.82. The highest BCUT2D eigenvalue weighted by Crippen LogP contribution is 2.48. The Morgan fingerprint density at radius 3 is 2.24 bits per heavy atom. The zero-order chi connectivity index (χ0) is 13.2. The van der Waals surface area contributed by atoms with Crippen molar-refractivity contribution in [1.82, 2.24) is 5.32 Å². The van der Waals surface area contributed by atoms with Gasteiger partial charge in [-0.1, -0.05) is 41.0 Å². The average Bonchev–Trinajstić information content (AvgIpc) is 2.91. The molecule has 1 aliphatic rings. The van der Waals surface area contributed by atoms with Gasteiger partial charge in [0.05, 0.1) is 0 Å². The van der Waals surface area contributed by atoms with Gasteiger partial charge in [0, 0.05) is 11.8 Å². The summed E-state index contributed by atoms with van der Waals surface area (Å²) in [6.07, 6.45) is 2.92. The van der Waals surface area contributed by atoms with E-state index in [0.29, 0.717) is 5.92 Å². The molecule has 1 aliphatic carbocycles. The van der Waals surface area contributed by atoms with Crippen LogP contribution in [0.4, 0.5) is 0 Å². The molecule has 1 saturated carbocycles. The topological polar surface area (TPSA) is 46.2 Å². The monoisotopic (exact) mass is 239 g/mol. The fourth-order valence-corrected chi connectivity index (χ4v) is 2.42. The molecular weight excluding hydrogens is 214 g/mol. The lowest BCUT2D eigenvalue weighted by atomic mass is 9.95. The van der Waals surface area contributed by atoms with Gasteiger partial charge in [-0.15, -0.1) is 0 Å². The molecule has 0 aromatic carbocycles. The lowest BCUT2D eigenvalue weighted by molar-refractivity contribution is -0.132. The SMILES string of the molecule is CCCC1CC1(NC(=O)C(C)C)C(=O)C(C)C. The molecule has 2 atom stereocenters. The van der Waals surface area contributed by atoms with Crippen molar-refractivity contribution in [3.63, 3.8) is 0 Å². The van der Waals surface area contributed by atoms with E-state index in [9.17, 15) is 9.59 Å². The van der Waals surface area contributed by atoms with Crippen molar-refractivity contribution in [2.75, 3.05) is 0 Å². The molecule has 1 amide bonds. The number of hydrogen-bond acceptors (Lipinski definition) is 2. The number of Topliss-reactive ketones (excluding diaryl/α,β-unsaturated/α-hetero) is 1. The molecule has 0 bridgehead atoms. The van der Waals surface area contributed by atoms with Crippen molar-refractivity contribution in [2.24, 2.45) is 17.8 Å². The van der Waals surface area contributed by atoms with Crippen molar-refractivity contribution >= 4 is 11.7 Å². The van der Waals surface area contributed by atoms with Crippen LogP contribution in [0.3, 0.4) is 0 Å².